The number of hydrogen-bond acceptors (Lipinski definition) is 3. The molecule has 4 nitrogen and oxygen atoms in total. The van der Waals surface area contributed by atoms with Crippen LogP contribution in [0, 0.1) is 0 Å². The molecule has 2 aromatic carbocycles. The Kier molecular flexibility index (Phi) is 3.22. The second-order valence-electron chi connectivity index (χ2n) is 6.08. The summed E-state index contributed by atoms with van der Waals surface area (Å²) in [6.07, 6.45) is 1.63. The molecule has 2 heterocycles. The van der Waals surface area contributed by atoms with Gasteiger partial charge in [0.2, 0.25) is 0 Å². The minimum atomic E-state index is 0.00399. The van der Waals surface area contributed by atoms with Gasteiger partial charge in [-0.3, -0.25) is 4.79 Å². The number of benzene rings is 2. The Morgan fingerprint density at radius 2 is 1.54 bits per heavy atom. The molecule has 0 bridgehead atoms. The molecule has 0 spiro atoms. The van der Waals surface area contributed by atoms with Crippen LogP contribution in [0.1, 0.15) is 0 Å². The Balaban J connectivity index is 1.94. The molecular formula is C22H14N2O2. The number of hydrogen-bond donors (Lipinski definition) is 0. The van der Waals surface area contributed by atoms with E-state index >= 15 is 0 Å². The van der Waals surface area contributed by atoms with Crippen molar-refractivity contribution < 1.29 is 4.42 Å². The van der Waals surface area contributed by atoms with E-state index in [1.807, 2.05) is 83.5 Å². The predicted molar refractivity (Wildman–Crippen MR) is 102 cm³/mol. The van der Waals surface area contributed by atoms with Crippen molar-refractivity contribution in [1.29, 1.82) is 0 Å². The summed E-state index contributed by atoms with van der Waals surface area (Å²) >= 11 is 0. The van der Waals surface area contributed by atoms with Crippen molar-refractivity contribution >= 4 is 10.8 Å². The number of rotatable bonds is 2. The van der Waals surface area contributed by atoms with Gasteiger partial charge in [0.05, 0.1) is 17.5 Å². The van der Waals surface area contributed by atoms with Gasteiger partial charge >= 0.3 is 0 Å². The van der Waals surface area contributed by atoms with Crippen LogP contribution in [0.2, 0.25) is 0 Å². The molecule has 1 aliphatic heterocycles. The van der Waals surface area contributed by atoms with Crippen molar-refractivity contribution in [3.63, 3.8) is 0 Å². The summed E-state index contributed by atoms with van der Waals surface area (Å²) in [7, 11) is 0. The van der Waals surface area contributed by atoms with Gasteiger partial charge in [0.25, 0.3) is 0 Å². The van der Waals surface area contributed by atoms with Gasteiger partial charge in [-0.25, -0.2) is 4.68 Å². The number of aromatic nitrogens is 2. The van der Waals surface area contributed by atoms with Crippen LogP contribution in [-0.4, -0.2) is 9.78 Å². The van der Waals surface area contributed by atoms with Gasteiger partial charge in [0.1, 0.15) is 11.4 Å². The van der Waals surface area contributed by atoms with E-state index in [1.54, 1.807) is 6.26 Å². The SMILES string of the molecule is O=c1c2ccc(-c3ccco3)n(-c3ccccc3)nc-2c2ccccc12. The van der Waals surface area contributed by atoms with Crippen molar-refractivity contribution in [3.05, 3.63) is 95.3 Å². The van der Waals surface area contributed by atoms with Crippen LogP contribution in [-0.2, 0) is 0 Å². The zero-order valence-electron chi connectivity index (χ0n) is 13.8. The summed E-state index contributed by atoms with van der Waals surface area (Å²) < 4.78 is 7.43. The number of fused-ring (bicyclic) bond motifs is 3. The summed E-state index contributed by atoms with van der Waals surface area (Å²) in [6, 6.07) is 24.9. The van der Waals surface area contributed by atoms with E-state index in [0.29, 0.717) is 22.4 Å². The van der Waals surface area contributed by atoms with Crippen LogP contribution in [0.4, 0.5) is 0 Å². The second kappa shape index (κ2) is 5.70. The van der Waals surface area contributed by atoms with Gasteiger partial charge in [0, 0.05) is 10.8 Å². The molecule has 0 saturated heterocycles. The highest BCUT2D eigenvalue weighted by Gasteiger charge is 2.19. The first kappa shape index (κ1) is 14.7. The lowest BCUT2D eigenvalue weighted by Crippen LogP contribution is -2.02. The average molecular weight is 338 g/mol. The van der Waals surface area contributed by atoms with Crippen molar-refractivity contribution in [2.24, 2.45) is 0 Å². The lowest BCUT2D eigenvalue weighted by Gasteiger charge is -2.08. The molecule has 0 fully saturated rings. The monoisotopic (exact) mass is 338 g/mol. The molecule has 4 heteroatoms. The second-order valence-corrected chi connectivity index (χ2v) is 6.08. The maximum atomic E-state index is 12.8. The Labute approximate surface area is 149 Å². The molecule has 0 radical (unpaired) electrons. The molecule has 0 saturated carbocycles. The van der Waals surface area contributed by atoms with Crippen LogP contribution >= 0.6 is 0 Å². The Bertz CT molecular complexity index is 1240. The van der Waals surface area contributed by atoms with Crippen molar-refractivity contribution in [2.75, 3.05) is 0 Å². The summed E-state index contributed by atoms with van der Waals surface area (Å²) in [4.78, 5) is 12.8. The molecular weight excluding hydrogens is 324 g/mol. The number of para-hydroxylation sites is 1. The van der Waals surface area contributed by atoms with Crippen molar-refractivity contribution in [3.8, 4) is 28.4 Å². The number of nitrogens with zero attached hydrogens (tertiary/aromatic N) is 2. The highest BCUT2D eigenvalue weighted by molar-refractivity contribution is 6.00. The molecule has 1 aliphatic carbocycles. The van der Waals surface area contributed by atoms with Crippen LogP contribution < -0.4 is 5.43 Å². The summed E-state index contributed by atoms with van der Waals surface area (Å²) in [5.41, 5.74) is 2.97. The molecule has 124 valence electrons. The minimum Gasteiger partial charge on any atom is -0.463 e. The highest BCUT2D eigenvalue weighted by atomic mass is 16.3. The van der Waals surface area contributed by atoms with E-state index in [2.05, 4.69) is 0 Å². The topological polar surface area (TPSA) is 48.0 Å². The van der Waals surface area contributed by atoms with Crippen LogP contribution in [0.15, 0.2) is 94.3 Å². The van der Waals surface area contributed by atoms with Crippen LogP contribution in [0.5, 0.6) is 0 Å². The van der Waals surface area contributed by atoms with E-state index in [0.717, 1.165) is 16.8 Å². The Morgan fingerprint density at radius 1 is 0.769 bits per heavy atom. The summed E-state index contributed by atoms with van der Waals surface area (Å²) in [5, 5.41) is 6.42. The number of furan rings is 1. The smallest absolute Gasteiger partial charge is 0.195 e. The first-order valence-electron chi connectivity index (χ1n) is 8.37. The normalized spacial score (nSPS) is 11.2. The van der Waals surface area contributed by atoms with Gasteiger partial charge < -0.3 is 4.42 Å². The quantitative estimate of drug-likeness (QED) is 0.467. The predicted octanol–water partition coefficient (Wildman–Crippen LogP) is 4.75. The highest BCUT2D eigenvalue weighted by Crippen LogP contribution is 2.30. The molecule has 0 unspecified atom stereocenters. The van der Waals surface area contributed by atoms with E-state index in [1.165, 1.54) is 0 Å². The summed E-state index contributed by atoms with van der Waals surface area (Å²) in [5.74, 6) is 0.691. The molecule has 26 heavy (non-hydrogen) atoms. The van der Waals surface area contributed by atoms with Gasteiger partial charge in [-0.15, -0.1) is 0 Å². The molecule has 2 aliphatic rings. The van der Waals surface area contributed by atoms with Crippen molar-refractivity contribution in [1.82, 2.24) is 9.78 Å². The zero-order valence-corrected chi connectivity index (χ0v) is 13.8. The third-order valence-electron chi connectivity index (χ3n) is 4.54. The molecule has 0 atom stereocenters. The maximum Gasteiger partial charge on any atom is 0.195 e. The Hall–Kier alpha value is -3.66. The zero-order chi connectivity index (χ0) is 17.5. The van der Waals surface area contributed by atoms with Gasteiger partial charge in [-0.05, 0) is 36.4 Å². The first-order chi connectivity index (χ1) is 12.8. The first-order valence-corrected chi connectivity index (χ1v) is 8.37. The maximum absolute atomic E-state index is 12.8. The lowest BCUT2D eigenvalue weighted by molar-refractivity contribution is 0.576. The molecule has 5 rings (SSSR count). The molecule has 3 aromatic rings. The summed E-state index contributed by atoms with van der Waals surface area (Å²) in [6.45, 7) is 0. The van der Waals surface area contributed by atoms with E-state index < -0.39 is 0 Å². The Morgan fingerprint density at radius 3 is 2.31 bits per heavy atom. The fourth-order valence-electron chi connectivity index (χ4n) is 3.31. The van der Waals surface area contributed by atoms with E-state index in [-0.39, 0.29) is 5.43 Å². The third kappa shape index (κ3) is 2.16. The van der Waals surface area contributed by atoms with Crippen LogP contribution in [0.3, 0.4) is 0 Å². The van der Waals surface area contributed by atoms with E-state index in [9.17, 15) is 4.79 Å². The third-order valence-corrected chi connectivity index (χ3v) is 4.54. The fraction of sp³-hybridized carbons (Fsp3) is 0. The average Bonchev–Trinajstić information content (AvgIpc) is 3.25. The standard InChI is InChI=1S/C22H14N2O2/c25-22-17-10-5-4-9-16(17)21-18(22)12-13-19(20-11-6-14-26-20)24(23-21)15-7-2-1-3-8-15/h1-14H. The fourth-order valence-corrected chi connectivity index (χ4v) is 3.31. The lowest BCUT2D eigenvalue weighted by atomic mass is 10.2. The minimum absolute atomic E-state index is 0.00399. The molecule has 1 aromatic heterocycles. The largest absolute Gasteiger partial charge is 0.463 e. The van der Waals surface area contributed by atoms with Gasteiger partial charge in [0.15, 0.2) is 11.2 Å². The van der Waals surface area contributed by atoms with Gasteiger partial charge in [-0.1, -0.05) is 42.5 Å². The van der Waals surface area contributed by atoms with Crippen LogP contribution in [0.25, 0.3) is 39.2 Å². The molecule has 0 N–H and O–H groups in total. The molecule has 0 amide bonds. The van der Waals surface area contributed by atoms with Gasteiger partial charge in [-0.2, -0.15) is 5.10 Å². The van der Waals surface area contributed by atoms with E-state index in [4.69, 9.17) is 9.52 Å². The van der Waals surface area contributed by atoms with Crippen molar-refractivity contribution in [2.45, 2.75) is 0 Å².